The number of carboxylic acid groups (broad SMARTS) is 1. The highest BCUT2D eigenvalue weighted by Gasteiger charge is 2.21. The number of nitrogens with one attached hydrogen (secondary N) is 1. The van der Waals surface area contributed by atoms with Gasteiger partial charge in [0.1, 0.15) is 5.75 Å². The topological polar surface area (TPSA) is 58.6 Å². The second kappa shape index (κ2) is 6.39. The van der Waals surface area contributed by atoms with E-state index in [4.69, 9.17) is 9.84 Å². The third-order valence-corrected chi connectivity index (χ3v) is 3.33. The van der Waals surface area contributed by atoms with Crippen molar-refractivity contribution in [2.24, 2.45) is 0 Å². The third-order valence-electron chi connectivity index (χ3n) is 3.33. The van der Waals surface area contributed by atoms with Gasteiger partial charge in [-0.25, -0.2) is 0 Å². The minimum atomic E-state index is -0.828. The summed E-state index contributed by atoms with van der Waals surface area (Å²) in [6, 6.07) is 11.6. The molecule has 0 aromatic heterocycles. The van der Waals surface area contributed by atoms with Gasteiger partial charge >= 0.3 is 5.97 Å². The lowest BCUT2D eigenvalue weighted by atomic mass is 9.95. The number of carboxylic acids is 1. The molecule has 0 aliphatic carbocycles. The Bertz CT molecular complexity index is 610. The van der Waals surface area contributed by atoms with Crippen LogP contribution in [-0.2, 0) is 4.79 Å². The highest BCUT2D eigenvalue weighted by Crippen LogP contribution is 2.34. The Balaban J connectivity index is 2.60. The maximum atomic E-state index is 11.1. The van der Waals surface area contributed by atoms with Crippen molar-refractivity contribution in [1.82, 2.24) is 5.32 Å². The maximum Gasteiger partial charge on any atom is 0.305 e. The van der Waals surface area contributed by atoms with Crippen molar-refractivity contribution in [3.63, 3.8) is 0 Å². The Morgan fingerprint density at radius 3 is 2.70 bits per heavy atom. The van der Waals surface area contributed by atoms with E-state index in [1.807, 2.05) is 43.3 Å². The van der Waals surface area contributed by atoms with E-state index < -0.39 is 5.97 Å². The van der Waals surface area contributed by atoms with Gasteiger partial charge in [0.25, 0.3) is 0 Å². The van der Waals surface area contributed by atoms with E-state index in [9.17, 15) is 4.79 Å². The number of carbonyl (C=O) groups is 1. The first-order valence-corrected chi connectivity index (χ1v) is 6.68. The summed E-state index contributed by atoms with van der Waals surface area (Å²) in [4.78, 5) is 11.1. The summed E-state index contributed by atoms with van der Waals surface area (Å²) in [6.07, 6.45) is 0.0260. The van der Waals surface area contributed by atoms with Gasteiger partial charge in [-0.05, 0) is 23.4 Å². The number of ether oxygens (including phenoxy) is 1. The Hall–Kier alpha value is -2.07. The molecular formula is C16H19NO3. The molecule has 0 bridgehead atoms. The molecule has 2 aromatic carbocycles. The Morgan fingerprint density at radius 2 is 2.05 bits per heavy atom. The summed E-state index contributed by atoms with van der Waals surface area (Å²) < 4.78 is 5.43. The summed E-state index contributed by atoms with van der Waals surface area (Å²) in [6.45, 7) is 2.66. The van der Waals surface area contributed by atoms with Gasteiger partial charge in [0.05, 0.1) is 13.5 Å². The Labute approximate surface area is 118 Å². The molecule has 0 radical (unpaired) electrons. The van der Waals surface area contributed by atoms with Crippen molar-refractivity contribution in [1.29, 1.82) is 0 Å². The fourth-order valence-electron chi connectivity index (χ4n) is 2.51. The van der Waals surface area contributed by atoms with Crippen LogP contribution in [0.15, 0.2) is 36.4 Å². The molecule has 0 aliphatic heterocycles. The van der Waals surface area contributed by atoms with Crippen LogP contribution >= 0.6 is 0 Å². The SMILES string of the molecule is CCNC(CC(=O)O)c1c(OC)ccc2ccccc12. The Morgan fingerprint density at radius 1 is 1.30 bits per heavy atom. The lowest BCUT2D eigenvalue weighted by Gasteiger charge is -2.21. The van der Waals surface area contributed by atoms with Gasteiger partial charge in [0, 0.05) is 11.6 Å². The summed E-state index contributed by atoms with van der Waals surface area (Å²) in [7, 11) is 1.61. The molecule has 4 nitrogen and oxygen atoms in total. The van der Waals surface area contributed by atoms with Crippen molar-refractivity contribution >= 4 is 16.7 Å². The molecule has 106 valence electrons. The van der Waals surface area contributed by atoms with Crippen LogP contribution in [0.1, 0.15) is 24.9 Å². The molecule has 1 atom stereocenters. The monoisotopic (exact) mass is 273 g/mol. The van der Waals surface area contributed by atoms with E-state index in [0.717, 1.165) is 22.1 Å². The Kier molecular flexibility index (Phi) is 4.58. The smallest absolute Gasteiger partial charge is 0.305 e. The molecule has 1 unspecified atom stereocenters. The zero-order valence-electron chi connectivity index (χ0n) is 11.7. The van der Waals surface area contributed by atoms with Gasteiger partial charge in [0.2, 0.25) is 0 Å². The maximum absolute atomic E-state index is 11.1. The molecule has 0 fully saturated rings. The molecule has 0 saturated carbocycles. The molecular weight excluding hydrogens is 254 g/mol. The number of fused-ring (bicyclic) bond motifs is 1. The summed E-state index contributed by atoms with van der Waals surface area (Å²) in [5.41, 5.74) is 0.912. The second-order valence-corrected chi connectivity index (χ2v) is 4.61. The molecule has 0 spiro atoms. The van der Waals surface area contributed by atoms with E-state index in [1.54, 1.807) is 7.11 Å². The highest BCUT2D eigenvalue weighted by atomic mass is 16.5. The van der Waals surface area contributed by atoms with Crippen molar-refractivity contribution < 1.29 is 14.6 Å². The van der Waals surface area contributed by atoms with Gasteiger partial charge in [-0.3, -0.25) is 4.79 Å². The molecule has 0 aliphatic rings. The largest absolute Gasteiger partial charge is 0.496 e. The van der Waals surface area contributed by atoms with Crippen molar-refractivity contribution in [2.45, 2.75) is 19.4 Å². The third kappa shape index (κ3) is 2.91. The predicted octanol–water partition coefficient (Wildman–Crippen LogP) is 2.97. The normalized spacial score (nSPS) is 12.3. The standard InChI is InChI=1S/C16H19NO3/c1-3-17-13(10-15(18)19)16-12-7-5-4-6-11(12)8-9-14(16)20-2/h4-9,13,17H,3,10H2,1-2H3,(H,18,19). The van der Waals surface area contributed by atoms with E-state index in [0.29, 0.717) is 6.54 Å². The first kappa shape index (κ1) is 14.3. The molecule has 20 heavy (non-hydrogen) atoms. The summed E-state index contributed by atoms with van der Waals surface area (Å²) in [5, 5.41) is 14.5. The number of hydrogen-bond donors (Lipinski definition) is 2. The van der Waals surface area contributed by atoms with E-state index in [-0.39, 0.29) is 12.5 Å². The van der Waals surface area contributed by atoms with Crippen LogP contribution in [0.3, 0.4) is 0 Å². The van der Waals surface area contributed by atoms with Gasteiger partial charge in [-0.1, -0.05) is 37.3 Å². The lowest BCUT2D eigenvalue weighted by molar-refractivity contribution is -0.137. The molecule has 0 heterocycles. The van der Waals surface area contributed by atoms with Crippen LogP contribution in [0.4, 0.5) is 0 Å². The average Bonchev–Trinajstić information content (AvgIpc) is 2.45. The number of hydrogen-bond acceptors (Lipinski definition) is 3. The number of rotatable bonds is 6. The minimum Gasteiger partial charge on any atom is -0.496 e. The number of methoxy groups -OCH3 is 1. The van der Waals surface area contributed by atoms with Crippen LogP contribution in [0.25, 0.3) is 10.8 Å². The van der Waals surface area contributed by atoms with Gasteiger partial charge in [0.15, 0.2) is 0 Å². The molecule has 4 heteroatoms. The predicted molar refractivity (Wildman–Crippen MR) is 79.2 cm³/mol. The second-order valence-electron chi connectivity index (χ2n) is 4.61. The van der Waals surface area contributed by atoms with Crippen molar-refractivity contribution in [3.8, 4) is 5.75 Å². The van der Waals surface area contributed by atoms with E-state index >= 15 is 0 Å². The highest BCUT2D eigenvalue weighted by molar-refractivity contribution is 5.88. The molecule has 2 rings (SSSR count). The zero-order valence-corrected chi connectivity index (χ0v) is 11.7. The van der Waals surface area contributed by atoms with Crippen LogP contribution in [0, 0.1) is 0 Å². The number of aliphatic carboxylic acids is 1. The molecule has 2 N–H and O–H groups in total. The first-order chi connectivity index (χ1) is 9.67. The molecule has 2 aromatic rings. The van der Waals surface area contributed by atoms with Crippen molar-refractivity contribution in [2.75, 3.05) is 13.7 Å². The summed E-state index contributed by atoms with van der Waals surface area (Å²) >= 11 is 0. The minimum absolute atomic E-state index is 0.0260. The van der Waals surface area contributed by atoms with Gasteiger partial charge in [-0.2, -0.15) is 0 Å². The lowest BCUT2D eigenvalue weighted by Crippen LogP contribution is -2.24. The van der Waals surface area contributed by atoms with E-state index in [1.165, 1.54) is 0 Å². The van der Waals surface area contributed by atoms with Crippen molar-refractivity contribution in [3.05, 3.63) is 42.0 Å². The number of benzene rings is 2. The van der Waals surface area contributed by atoms with Gasteiger partial charge < -0.3 is 15.2 Å². The zero-order chi connectivity index (χ0) is 14.5. The van der Waals surface area contributed by atoms with Crippen LogP contribution in [0.5, 0.6) is 5.75 Å². The quantitative estimate of drug-likeness (QED) is 0.849. The van der Waals surface area contributed by atoms with Crippen LogP contribution < -0.4 is 10.1 Å². The first-order valence-electron chi connectivity index (χ1n) is 6.68. The molecule has 0 amide bonds. The average molecular weight is 273 g/mol. The fourth-order valence-corrected chi connectivity index (χ4v) is 2.51. The fraction of sp³-hybridized carbons (Fsp3) is 0.312. The van der Waals surface area contributed by atoms with Crippen LogP contribution in [-0.4, -0.2) is 24.7 Å². The van der Waals surface area contributed by atoms with Crippen LogP contribution in [0.2, 0.25) is 0 Å². The van der Waals surface area contributed by atoms with E-state index in [2.05, 4.69) is 5.32 Å². The summed E-state index contributed by atoms with van der Waals surface area (Å²) in [5.74, 6) is -0.109. The van der Waals surface area contributed by atoms with Gasteiger partial charge in [-0.15, -0.1) is 0 Å². The molecule has 0 saturated heterocycles.